The number of alkyl halides is 2. The van der Waals surface area contributed by atoms with E-state index in [1.165, 1.54) is 6.92 Å². The highest BCUT2D eigenvalue weighted by Crippen LogP contribution is 2.25. The molecule has 0 atom stereocenters. The molecule has 16 heavy (non-hydrogen) atoms. The molecule has 0 spiro atoms. The lowest BCUT2D eigenvalue weighted by Gasteiger charge is -2.07. The number of rotatable bonds is 2. The fourth-order valence-electron chi connectivity index (χ4n) is 1.22. The van der Waals surface area contributed by atoms with Gasteiger partial charge in [-0.2, -0.15) is 5.26 Å². The molecular weight excluding hydrogens is 218 g/mol. The van der Waals surface area contributed by atoms with Crippen LogP contribution in [0.2, 0.25) is 0 Å². The lowest BCUT2D eigenvalue weighted by molar-refractivity contribution is 0.0593. The molecule has 0 saturated heterocycles. The first-order valence-corrected chi connectivity index (χ1v) is 4.29. The molecule has 84 valence electrons. The van der Waals surface area contributed by atoms with Gasteiger partial charge in [-0.25, -0.2) is 18.6 Å². The Bertz CT molecular complexity index is 467. The van der Waals surface area contributed by atoms with Crippen LogP contribution in [0.15, 0.2) is 6.07 Å². The molecule has 0 aliphatic rings. The number of aromatic nitrogens is 1. The van der Waals surface area contributed by atoms with E-state index in [2.05, 4.69) is 9.72 Å². The number of methoxy groups -OCH3 is 1. The number of aryl methyl sites for hydroxylation is 1. The Morgan fingerprint density at radius 1 is 1.62 bits per heavy atom. The number of nitriles is 1. The molecule has 4 nitrogen and oxygen atoms in total. The Hall–Kier alpha value is -2.03. The van der Waals surface area contributed by atoms with Crippen LogP contribution in [0.3, 0.4) is 0 Å². The second kappa shape index (κ2) is 4.66. The van der Waals surface area contributed by atoms with Crippen molar-refractivity contribution >= 4 is 5.97 Å². The van der Waals surface area contributed by atoms with Crippen LogP contribution < -0.4 is 0 Å². The van der Waals surface area contributed by atoms with Crippen molar-refractivity contribution in [3.63, 3.8) is 0 Å². The van der Waals surface area contributed by atoms with Crippen LogP contribution in [0.1, 0.15) is 33.7 Å². The number of pyridine rings is 1. The van der Waals surface area contributed by atoms with E-state index in [9.17, 15) is 13.6 Å². The SMILES string of the molecule is COC(=O)c1cc(C(F)F)c(C#N)c(C)n1. The topological polar surface area (TPSA) is 63.0 Å². The Morgan fingerprint density at radius 3 is 2.69 bits per heavy atom. The van der Waals surface area contributed by atoms with Crippen molar-refractivity contribution in [1.29, 1.82) is 5.26 Å². The minimum absolute atomic E-state index is 0.0840. The summed E-state index contributed by atoms with van der Waals surface area (Å²) in [7, 11) is 1.12. The van der Waals surface area contributed by atoms with Crippen LogP contribution in [0.4, 0.5) is 8.78 Å². The van der Waals surface area contributed by atoms with Crippen LogP contribution in [0.25, 0.3) is 0 Å². The number of halogens is 2. The van der Waals surface area contributed by atoms with Crippen molar-refractivity contribution in [2.75, 3.05) is 7.11 Å². The number of nitrogens with zero attached hydrogens (tertiary/aromatic N) is 2. The monoisotopic (exact) mass is 226 g/mol. The fraction of sp³-hybridized carbons (Fsp3) is 0.300. The van der Waals surface area contributed by atoms with Crippen molar-refractivity contribution in [2.45, 2.75) is 13.3 Å². The molecule has 0 aliphatic heterocycles. The molecule has 1 heterocycles. The molecule has 0 bridgehead atoms. The van der Waals surface area contributed by atoms with E-state index in [1.54, 1.807) is 6.07 Å². The number of carbonyl (C=O) groups is 1. The minimum atomic E-state index is -2.83. The number of carbonyl (C=O) groups excluding carboxylic acids is 1. The van der Waals surface area contributed by atoms with E-state index in [0.717, 1.165) is 13.2 Å². The summed E-state index contributed by atoms with van der Waals surface area (Å²) in [6, 6.07) is 2.51. The van der Waals surface area contributed by atoms with Gasteiger partial charge in [-0.05, 0) is 13.0 Å². The Kier molecular flexibility index (Phi) is 3.51. The largest absolute Gasteiger partial charge is 0.464 e. The van der Waals surface area contributed by atoms with Gasteiger partial charge in [0.2, 0.25) is 0 Å². The summed E-state index contributed by atoms with van der Waals surface area (Å²) in [5.74, 6) is -0.811. The van der Waals surface area contributed by atoms with E-state index < -0.39 is 18.0 Å². The maximum Gasteiger partial charge on any atom is 0.356 e. The zero-order valence-electron chi connectivity index (χ0n) is 8.62. The standard InChI is InChI=1S/C10H8F2N2O2/c1-5-7(4-13)6(9(11)12)3-8(14-5)10(15)16-2/h3,9H,1-2H3. The third kappa shape index (κ3) is 2.14. The second-order valence-corrected chi connectivity index (χ2v) is 2.96. The lowest BCUT2D eigenvalue weighted by Crippen LogP contribution is -2.08. The molecule has 0 fully saturated rings. The zero-order valence-corrected chi connectivity index (χ0v) is 8.62. The normalized spacial score (nSPS) is 10.0. The van der Waals surface area contributed by atoms with Crippen LogP contribution >= 0.6 is 0 Å². The number of hydrogen-bond acceptors (Lipinski definition) is 4. The summed E-state index contributed by atoms with van der Waals surface area (Å²) in [4.78, 5) is 14.9. The summed E-state index contributed by atoms with van der Waals surface area (Å²) in [6.45, 7) is 1.39. The van der Waals surface area contributed by atoms with E-state index >= 15 is 0 Å². The van der Waals surface area contributed by atoms with Gasteiger partial charge in [0.05, 0.1) is 18.4 Å². The number of hydrogen-bond donors (Lipinski definition) is 0. The zero-order chi connectivity index (χ0) is 12.3. The molecule has 1 aromatic heterocycles. The van der Waals surface area contributed by atoms with Crippen LogP contribution in [-0.4, -0.2) is 18.1 Å². The summed E-state index contributed by atoms with van der Waals surface area (Å²) in [5.41, 5.74) is -0.854. The van der Waals surface area contributed by atoms with Gasteiger partial charge in [-0.1, -0.05) is 0 Å². The van der Waals surface area contributed by atoms with Gasteiger partial charge in [0, 0.05) is 5.56 Å². The van der Waals surface area contributed by atoms with Crippen molar-refractivity contribution < 1.29 is 18.3 Å². The lowest BCUT2D eigenvalue weighted by atomic mass is 10.1. The molecule has 0 aromatic carbocycles. The smallest absolute Gasteiger partial charge is 0.356 e. The number of esters is 1. The molecule has 1 rings (SSSR count). The Morgan fingerprint density at radius 2 is 2.25 bits per heavy atom. The average Bonchev–Trinajstić information content (AvgIpc) is 2.26. The summed E-state index contributed by atoms with van der Waals surface area (Å²) in [6.07, 6.45) is -2.83. The molecule has 0 radical (unpaired) electrons. The van der Waals surface area contributed by atoms with Crippen molar-refractivity contribution in [3.05, 3.63) is 28.6 Å². The fourth-order valence-corrected chi connectivity index (χ4v) is 1.22. The third-order valence-corrected chi connectivity index (χ3v) is 1.97. The third-order valence-electron chi connectivity index (χ3n) is 1.97. The summed E-state index contributed by atoms with van der Waals surface area (Å²) < 4.78 is 29.6. The predicted octanol–water partition coefficient (Wildman–Crippen LogP) is 1.99. The summed E-state index contributed by atoms with van der Waals surface area (Å²) >= 11 is 0. The van der Waals surface area contributed by atoms with Crippen molar-refractivity contribution in [1.82, 2.24) is 4.98 Å². The van der Waals surface area contributed by atoms with Crippen LogP contribution in [-0.2, 0) is 4.74 Å². The van der Waals surface area contributed by atoms with E-state index in [-0.39, 0.29) is 17.0 Å². The highest BCUT2D eigenvalue weighted by molar-refractivity contribution is 5.87. The predicted molar refractivity (Wildman–Crippen MR) is 50.0 cm³/mol. The molecular formula is C10H8F2N2O2. The van der Waals surface area contributed by atoms with Gasteiger partial charge >= 0.3 is 5.97 Å². The number of ether oxygens (including phenoxy) is 1. The first-order valence-electron chi connectivity index (χ1n) is 4.29. The first-order chi connectivity index (χ1) is 7.51. The Labute approximate surface area is 90.5 Å². The maximum atomic E-state index is 12.6. The van der Waals surface area contributed by atoms with Crippen molar-refractivity contribution in [3.8, 4) is 6.07 Å². The van der Waals surface area contributed by atoms with Gasteiger partial charge < -0.3 is 4.74 Å². The van der Waals surface area contributed by atoms with Gasteiger partial charge in [0.25, 0.3) is 6.43 Å². The van der Waals surface area contributed by atoms with E-state index in [0.29, 0.717) is 0 Å². The summed E-state index contributed by atoms with van der Waals surface area (Å²) in [5, 5.41) is 8.70. The molecule has 0 saturated carbocycles. The van der Waals surface area contributed by atoms with Crippen LogP contribution in [0.5, 0.6) is 0 Å². The second-order valence-electron chi connectivity index (χ2n) is 2.96. The van der Waals surface area contributed by atoms with Gasteiger partial charge in [-0.15, -0.1) is 0 Å². The van der Waals surface area contributed by atoms with Crippen molar-refractivity contribution in [2.24, 2.45) is 0 Å². The van der Waals surface area contributed by atoms with E-state index in [1.807, 2.05) is 0 Å². The minimum Gasteiger partial charge on any atom is -0.464 e. The highest BCUT2D eigenvalue weighted by Gasteiger charge is 2.20. The van der Waals surface area contributed by atoms with Gasteiger partial charge in [0.1, 0.15) is 11.8 Å². The first kappa shape index (κ1) is 12.0. The molecule has 0 N–H and O–H groups in total. The highest BCUT2D eigenvalue weighted by atomic mass is 19.3. The maximum absolute atomic E-state index is 12.6. The van der Waals surface area contributed by atoms with Crippen LogP contribution in [0, 0.1) is 18.3 Å². The Balaban J connectivity index is 3.41. The molecule has 1 aromatic rings. The molecule has 0 unspecified atom stereocenters. The molecule has 6 heteroatoms. The van der Waals surface area contributed by atoms with E-state index in [4.69, 9.17) is 5.26 Å². The molecule has 0 amide bonds. The van der Waals surface area contributed by atoms with Gasteiger partial charge in [0.15, 0.2) is 0 Å². The quantitative estimate of drug-likeness (QED) is 0.723. The van der Waals surface area contributed by atoms with Gasteiger partial charge in [-0.3, -0.25) is 0 Å². The molecule has 0 aliphatic carbocycles. The average molecular weight is 226 g/mol.